The summed E-state index contributed by atoms with van der Waals surface area (Å²) in [4.78, 5) is 14.3. The molecule has 0 fully saturated rings. The van der Waals surface area contributed by atoms with Crippen LogP contribution in [0.25, 0.3) is 11.3 Å². The molecule has 1 aromatic carbocycles. The van der Waals surface area contributed by atoms with Crippen LogP contribution in [0.15, 0.2) is 35.1 Å². The number of aromatic amines is 1. The van der Waals surface area contributed by atoms with Gasteiger partial charge in [0.05, 0.1) is 5.69 Å². The number of aromatic nitrogens is 1. The minimum absolute atomic E-state index is 0.0112. The van der Waals surface area contributed by atoms with E-state index in [1.54, 1.807) is 6.07 Å². The Morgan fingerprint density at radius 3 is 2.93 bits per heavy atom. The van der Waals surface area contributed by atoms with Crippen molar-refractivity contribution in [3.05, 3.63) is 57.4 Å². The third-order valence-electron chi connectivity index (χ3n) is 3.03. The van der Waals surface area contributed by atoms with Crippen LogP contribution in [0.2, 0.25) is 0 Å². The van der Waals surface area contributed by atoms with E-state index < -0.39 is 0 Å². The van der Waals surface area contributed by atoms with Crippen LogP contribution in [0.3, 0.4) is 0 Å². The van der Waals surface area contributed by atoms with E-state index in [1.165, 1.54) is 16.7 Å². The largest absolute Gasteiger partial charge is 0.322 e. The summed E-state index contributed by atoms with van der Waals surface area (Å²) in [6.07, 6.45) is 0.939. The molecule has 3 rings (SSSR count). The van der Waals surface area contributed by atoms with Crippen molar-refractivity contribution in [1.29, 1.82) is 0 Å². The molecule has 0 aliphatic heterocycles. The quantitative estimate of drug-likeness (QED) is 0.589. The normalized spacial score (nSPS) is 12.3. The maximum absolute atomic E-state index is 11.4. The highest BCUT2D eigenvalue weighted by Crippen LogP contribution is 2.35. The van der Waals surface area contributed by atoms with Gasteiger partial charge in [-0.3, -0.25) is 4.79 Å². The van der Waals surface area contributed by atoms with Gasteiger partial charge in [-0.25, -0.2) is 0 Å². The Kier molecular flexibility index (Phi) is 1.60. The average molecular weight is 197 g/mol. The van der Waals surface area contributed by atoms with E-state index in [1.807, 2.05) is 19.1 Å². The van der Waals surface area contributed by atoms with E-state index in [9.17, 15) is 4.79 Å². The minimum Gasteiger partial charge on any atom is -0.322 e. The number of hydrogen-bond donors (Lipinski definition) is 1. The summed E-state index contributed by atoms with van der Waals surface area (Å²) in [5.41, 5.74) is 5.82. The van der Waals surface area contributed by atoms with Crippen LogP contribution in [0, 0.1) is 6.92 Å². The lowest BCUT2D eigenvalue weighted by molar-refractivity contribution is 1.15. The number of nitrogens with one attached hydrogen (secondary N) is 1. The monoisotopic (exact) mass is 197 g/mol. The highest BCUT2D eigenvalue weighted by molar-refractivity contribution is 5.74. The number of H-pyrrole nitrogens is 1. The smallest absolute Gasteiger partial charge is 0.248 e. The van der Waals surface area contributed by atoms with Gasteiger partial charge in [0.25, 0.3) is 0 Å². The first kappa shape index (κ1) is 8.48. The summed E-state index contributed by atoms with van der Waals surface area (Å²) in [6, 6.07) is 9.90. The molecule has 0 bridgehead atoms. The summed E-state index contributed by atoms with van der Waals surface area (Å²) in [5.74, 6) is 0. The fourth-order valence-electron chi connectivity index (χ4n) is 2.28. The zero-order chi connectivity index (χ0) is 10.4. The summed E-state index contributed by atoms with van der Waals surface area (Å²) in [7, 11) is 0. The molecule has 0 unspecified atom stereocenters. The van der Waals surface area contributed by atoms with Gasteiger partial charge in [0.15, 0.2) is 0 Å². The van der Waals surface area contributed by atoms with Crippen molar-refractivity contribution in [2.45, 2.75) is 13.3 Å². The standard InChI is InChI=1S/C13H11NO/c1-8-6-12(15)14-13-10-5-3-2-4-9(10)7-11(8)13/h2-6H,7H2,1H3,(H,14,15). The molecule has 2 aromatic rings. The van der Waals surface area contributed by atoms with Gasteiger partial charge in [-0.2, -0.15) is 0 Å². The molecule has 0 saturated heterocycles. The number of hydrogen-bond acceptors (Lipinski definition) is 1. The topological polar surface area (TPSA) is 32.9 Å². The van der Waals surface area contributed by atoms with E-state index >= 15 is 0 Å². The molecule has 1 aromatic heterocycles. The van der Waals surface area contributed by atoms with E-state index in [-0.39, 0.29) is 5.56 Å². The molecule has 2 heteroatoms. The van der Waals surface area contributed by atoms with Gasteiger partial charge in [-0.15, -0.1) is 0 Å². The molecule has 1 N–H and O–H groups in total. The predicted molar refractivity (Wildman–Crippen MR) is 60.0 cm³/mol. The van der Waals surface area contributed by atoms with Crippen molar-refractivity contribution in [3.63, 3.8) is 0 Å². The molecule has 1 heterocycles. The second-order valence-electron chi connectivity index (χ2n) is 4.00. The number of fused-ring (bicyclic) bond motifs is 3. The van der Waals surface area contributed by atoms with Crippen molar-refractivity contribution in [2.24, 2.45) is 0 Å². The molecule has 74 valence electrons. The lowest BCUT2D eigenvalue weighted by Gasteiger charge is -2.02. The maximum atomic E-state index is 11.4. The molecule has 0 spiro atoms. The molecule has 1 aliphatic carbocycles. The molecule has 0 atom stereocenters. The van der Waals surface area contributed by atoms with Crippen molar-refractivity contribution < 1.29 is 0 Å². The number of benzene rings is 1. The van der Waals surface area contributed by atoms with E-state index in [4.69, 9.17) is 0 Å². The molecule has 2 nitrogen and oxygen atoms in total. The van der Waals surface area contributed by atoms with Crippen molar-refractivity contribution in [1.82, 2.24) is 4.98 Å². The third-order valence-corrected chi connectivity index (χ3v) is 3.03. The second-order valence-corrected chi connectivity index (χ2v) is 4.00. The molecular formula is C13H11NO. The molecular weight excluding hydrogens is 186 g/mol. The Balaban J connectivity index is 2.38. The van der Waals surface area contributed by atoms with Gasteiger partial charge < -0.3 is 4.98 Å². The molecule has 0 amide bonds. The number of rotatable bonds is 0. The SMILES string of the molecule is Cc1cc(=O)[nH]c2c1Cc1ccccc1-2. The van der Waals surface area contributed by atoms with Gasteiger partial charge >= 0.3 is 0 Å². The van der Waals surface area contributed by atoms with Crippen molar-refractivity contribution in [2.75, 3.05) is 0 Å². The maximum Gasteiger partial charge on any atom is 0.248 e. The minimum atomic E-state index is -0.0112. The Bertz CT molecular complexity index is 596. The highest BCUT2D eigenvalue weighted by atomic mass is 16.1. The lowest BCUT2D eigenvalue weighted by Crippen LogP contribution is -2.07. The second kappa shape index (κ2) is 2.83. The zero-order valence-corrected chi connectivity index (χ0v) is 8.50. The van der Waals surface area contributed by atoms with Crippen molar-refractivity contribution in [3.8, 4) is 11.3 Å². The van der Waals surface area contributed by atoms with Gasteiger partial charge in [-0.1, -0.05) is 24.3 Å². The number of aryl methyl sites for hydroxylation is 1. The molecule has 1 aliphatic rings. The molecule has 15 heavy (non-hydrogen) atoms. The van der Waals surface area contributed by atoms with Crippen LogP contribution in [0.4, 0.5) is 0 Å². The average Bonchev–Trinajstić information content (AvgIpc) is 2.57. The summed E-state index contributed by atoms with van der Waals surface area (Å²) in [5, 5.41) is 0. The first-order valence-electron chi connectivity index (χ1n) is 5.07. The fourth-order valence-corrected chi connectivity index (χ4v) is 2.28. The van der Waals surface area contributed by atoms with E-state index in [2.05, 4.69) is 17.1 Å². The lowest BCUT2D eigenvalue weighted by atomic mass is 10.1. The zero-order valence-electron chi connectivity index (χ0n) is 8.50. The fraction of sp³-hybridized carbons (Fsp3) is 0.154. The summed E-state index contributed by atoms with van der Waals surface area (Å²) >= 11 is 0. The van der Waals surface area contributed by atoms with Crippen molar-refractivity contribution >= 4 is 0 Å². The first-order valence-corrected chi connectivity index (χ1v) is 5.07. The van der Waals surface area contributed by atoms with Gasteiger partial charge in [0.2, 0.25) is 5.56 Å². The first-order chi connectivity index (χ1) is 7.25. The third kappa shape index (κ3) is 1.14. The Morgan fingerprint density at radius 2 is 2.07 bits per heavy atom. The summed E-state index contributed by atoms with van der Waals surface area (Å²) < 4.78 is 0. The van der Waals surface area contributed by atoms with Crippen LogP contribution in [-0.2, 0) is 6.42 Å². The Labute approximate surface area is 87.6 Å². The van der Waals surface area contributed by atoms with Gasteiger partial charge in [0, 0.05) is 18.1 Å². The number of pyridine rings is 1. The van der Waals surface area contributed by atoms with E-state index in [0.717, 1.165) is 17.7 Å². The molecule has 0 saturated carbocycles. The van der Waals surface area contributed by atoms with Crippen LogP contribution >= 0.6 is 0 Å². The van der Waals surface area contributed by atoms with Gasteiger partial charge in [-0.05, 0) is 23.6 Å². The van der Waals surface area contributed by atoms with Crippen LogP contribution in [0.5, 0.6) is 0 Å². The highest BCUT2D eigenvalue weighted by Gasteiger charge is 2.20. The van der Waals surface area contributed by atoms with Crippen LogP contribution < -0.4 is 5.56 Å². The van der Waals surface area contributed by atoms with Crippen LogP contribution in [0.1, 0.15) is 16.7 Å². The molecule has 0 radical (unpaired) electrons. The Hall–Kier alpha value is -1.83. The van der Waals surface area contributed by atoms with Gasteiger partial charge in [0.1, 0.15) is 0 Å². The predicted octanol–water partition coefficient (Wildman–Crippen LogP) is 2.25. The summed E-state index contributed by atoms with van der Waals surface area (Å²) in [6.45, 7) is 2.00. The Morgan fingerprint density at radius 1 is 1.27 bits per heavy atom. The van der Waals surface area contributed by atoms with E-state index in [0.29, 0.717) is 0 Å². The van der Waals surface area contributed by atoms with Crippen LogP contribution in [-0.4, -0.2) is 4.98 Å².